The van der Waals surface area contributed by atoms with Crippen molar-refractivity contribution < 1.29 is 41.0 Å². The summed E-state index contributed by atoms with van der Waals surface area (Å²) < 4.78 is 79.6. The summed E-state index contributed by atoms with van der Waals surface area (Å²) in [5.41, 5.74) is 1.39. The highest BCUT2D eigenvalue weighted by molar-refractivity contribution is 5.92. The number of benzene rings is 1. The van der Waals surface area contributed by atoms with Crippen molar-refractivity contribution in [2.45, 2.75) is 44.5 Å². The van der Waals surface area contributed by atoms with Crippen LogP contribution >= 0.6 is 0 Å². The Morgan fingerprint density at radius 3 is 2.82 bits per heavy atom. The number of nitrogens with zero attached hydrogens (tertiary/aromatic N) is 2. The van der Waals surface area contributed by atoms with Crippen molar-refractivity contribution in [1.82, 2.24) is 15.1 Å². The second-order valence-corrected chi connectivity index (χ2v) is 8.41. The second kappa shape index (κ2) is 10.2. The van der Waals surface area contributed by atoms with Gasteiger partial charge in [0.15, 0.2) is 5.69 Å². The highest BCUT2D eigenvalue weighted by atomic mass is 19.4. The summed E-state index contributed by atoms with van der Waals surface area (Å²) in [6.45, 7) is -0.633. The van der Waals surface area contributed by atoms with Gasteiger partial charge in [0.1, 0.15) is 19.0 Å². The van der Waals surface area contributed by atoms with Crippen LogP contribution in [0, 0.1) is 5.92 Å². The molecule has 2 aliphatic heterocycles. The number of ether oxygens (including phenoxy) is 3. The zero-order valence-electron chi connectivity index (χ0n) is 18.1. The van der Waals surface area contributed by atoms with E-state index in [0.29, 0.717) is 36.6 Å². The third-order valence-corrected chi connectivity index (χ3v) is 5.57. The van der Waals surface area contributed by atoms with Gasteiger partial charge in [-0.1, -0.05) is 12.1 Å². The quantitative estimate of drug-likeness (QED) is 0.604. The zero-order valence-corrected chi connectivity index (χ0v) is 18.1. The number of aryl methyl sites for hydroxylation is 1. The largest absolute Gasteiger partial charge is 0.491 e. The fraction of sp³-hybridized carbons (Fsp3) is 0.545. The summed E-state index contributed by atoms with van der Waals surface area (Å²) in [7, 11) is 0. The Morgan fingerprint density at radius 1 is 1.24 bits per heavy atom. The molecule has 1 aromatic carbocycles. The molecule has 4 rings (SSSR count). The number of alkyl halides is 5. The second-order valence-electron chi connectivity index (χ2n) is 8.41. The molecule has 1 N–H and O–H groups in total. The molecule has 0 radical (unpaired) electrons. The summed E-state index contributed by atoms with van der Waals surface area (Å²) >= 11 is 0. The van der Waals surface area contributed by atoms with Crippen LogP contribution < -0.4 is 14.8 Å². The third-order valence-electron chi connectivity index (χ3n) is 5.57. The predicted octanol–water partition coefficient (Wildman–Crippen LogP) is 3.40. The average Bonchev–Trinajstić information content (AvgIpc) is 3.08. The van der Waals surface area contributed by atoms with E-state index >= 15 is 0 Å². The molecular formula is C22H24F5N3O4. The fourth-order valence-electron chi connectivity index (χ4n) is 3.96. The molecule has 7 nitrogen and oxygen atoms in total. The SMILES string of the molecule is O=C(N[C@H]1COc2ccc(CC(F)F)cc2C1)c1cc2n(n1)CCC(COCC(F)(F)F)CO2. The molecule has 0 bridgehead atoms. The molecule has 0 fully saturated rings. The summed E-state index contributed by atoms with van der Waals surface area (Å²) in [5.74, 6) is 0.301. The molecule has 0 saturated heterocycles. The minimum Gasteiger partial charge on any atom is -0.491 e. The van der Waals surface area contributed by atoms with Gasteiger partial charge in [0, 0.05) is 24.9 Å². The van der Waals surface area contributed by atoms with E-state index in [1.165, 1.54) is 10.7 Å². The summed E-state index contributed by atoms with van der Waals surface area (Å²) in [6.07, 6.45) is -6.25. The van der Waals surface area contributed by atoms with Gasteiger partial charge in [-0.05, 0) is 30.0 Å². The number of nitrogens with one attached hydrogen (secondary N) is 1. The lowest BCUT2D eigenvalue weighted by Crippen LogP contribution is -2.43. The van der Waals surface area contributed by atoms with Gasteiger partial charge in [0.25, 0.3) is 5.91 Å². The number of hydrogen-bond acceptors (Lipinski definition) is 5. The van der Waals surface area contributed by atoms with E-state index in [-0.39, 0.29) is 43.9 Å². The van der Waals surface area contributed by atoms with E-state index in [1.54, 1.807) is 18.2 Å². The molecule has 186 valence electrons. The third kappa shape index (κ3) is 6.37. The van der Waals surface area contributed by atoms with Crippen LogP contribution in [-0.4, -0.2) is 60.8 Å². The molecular weight excluding hydrogens is 465 g/mol. The summed E-state index contributed by atoms with van der Waals surface area (Å²) in [4.78, 5) is 12.7. The summed E-state index contributed by atoms with van der Waals surface area (Å²) in [5, 5.41) is 7.10. The first kappa shape index (κ1) is 24.2. The van der Waals surface area contributed by atoms with E-state index in [2.05, 4.69) is 10.4 Å². The topological polar surface area (TPSA) is 74.6 Å². The Labute approximate surface area is 192 Å². The molecule has 2 aliphatic rings. The molecule has 0 saturated carbocycles. The lowest BCUT2D eigenvalue weighted by atomic mass is 9.99. The van der Waals surface area contributed by atoms with Gasteiger partial charge in [-0.15, -0.1) is 0 Å². The van der Waals surface area contributed by atoms with Crippen LogP contribution in [0.3, 0.4) is 0 Å². The van der Waals surface area contributed by atoms with Gasteiger partial charge in [-0.2, -0.15) is 18.3 Å². The van der Waals surface area contributed by atoms with Crippen molar-refractivity contribution in [2.24, 2.45) is 5.92 Å². The minimum absolute atomic E-state index is 0.0835. The Kier molecular flexibility index (Phi) is 7.24. The predicted molar refractivity (Wildman–Crippen MR) is 109 cm³/mol. The highest BCUT2D eigenvalue weighted by Crippen LogP contribution is 2.27. The molecule has 3 heterocycles. The van der Waals surface area contributed by atoms with Crippen LogP contribution in [0.15, 0.2) is 24.3 Å². The Bertz CT molecular complexity index is 985. The van der Waals surface area contributed by atoms with Crippen LogP contribution in [0.5, 0.6) is 11.6 Å². The van der Waals surface area contributed by atoms with Crippen LogP contribution in [-0.2, 0) is 24.1 Å². The van der Waals surface area contributed by atoms with Crippen LogP contribution in [0.1, 0.15) is 28.0 Å². The number of amides is 1. The zero-order chi connectivity index (χ0) is 24.3. The van der Waals surface area contributed by atoms with Crippen molar-refractivity contribution in [3.63, 3.8) is 0 Å². The average molecular weight is 489 g/mol. The Hall–Kier alpha value is -2.89. The number of carbonyl (C=O) groups is 1. The number of carbonyl (C=O) groups excluding carboxylic acids is 1. The van der Waals surface area contributed by atoms with E-state index in [1.807, 2.05) is 0 Å². The first-order chi connectivity index (χ1) is 16.2. The molecule has 34 heavy (non-hydrogen) atoms. The minimum atomic E-state index is -4.37. The number of halogens is 5. The van der Waals surface area contributed by atoms with Crippen molar-refractivity contribution >= 4 is 5.91 Å². The maximum Gasteiger partial charge on any atom is 0.411 e. The van der Waals surface area contributed by atoms with Crippen LogP contribution in [0.25, 0.3) is 0 Å². The van der Waals surface area contributed by atoms with Gasteiger partial charge < -0.3 is 19.5 Å². The smallest absolute Gasteiger partial charge is 0.411 e. The summed E-state index contributed by atoms with van der Waals surface area (Å²) in [6, 6.07) is 6.05. The molecule has 1 amide bonds. The van der Waals surface area contributed by atoms with Crippen LogP contribution in [0.4, 0.5) is 22.0 Å². The number of rotatable bonds is 7. The van der Waals surface area contributed by atoms with Crippen molar-refractivity contribution in [1.29, 1.82) is 0 Å². The van der Waals surface area contributed by atoms with E-state index in [4.69, 9.17) is 14.2 Å². The maximum absolute atomic E-state index is 12.7. The Morgan fingerprint density at radius 2 is 2.06 bits per heavy atom. The highest BCUT2D eigenvalue weighted by Gasteiger charge is 2.29. The van der Waals surface area contributed by atoms with Crippen molar-refractivity contribution in [2.75, 3.05) is 26.4 Å². The molecule has 12 heteroatoms. The maximum atomic E-state index is 12.7. The molecule has 1 unspecified atom stereocenters. The molecule has 0 aliphatic carbocycles. The number of hydrogen-bond donors (Lipinski definition) is 1. The monoisotopic (exact) mass is 489 g/mol. The fourth-order valence-corrected chi connectivity index (χ4v) is 3.96. The van der Waals surface area contributed by atoms with Crippen LogP contribution in [0.2, 0.25) is 0 Å². The van der Waals surface area contributed by atoms with E-state index < -0.39 is 25.1 Å². The lowest BCUT2D eigenvalue weighted by molar-refractivity contribution is -0.177. The van der Waals surface area contributed by atoms with Gasteiger partial charge >= 0.3 is 6.18 Å². The molecule has 0 spiro atoms. The van der Waals surface area contributed by atoms with Gasteiger partial charge in [-0.3, -0.25) is 4.79 Å². The van der Waals surface area contributed by atoms with Crippen molar-refractivity contribution in [3.8, 4) is 11.6 Å². The van der Waals surface area contributed by atoms with Gasteiger partial charge in [0.2, 0.25) is 12.3 Å². The molecule has 2 atom stereocenters. The van der Waals surface area contributed by atoms with Gasteiger partial charge in [-0.25, -0.2) is 13.5 Å². The lowest BCUT2D eigenvalue weighted by Gasteiger charge is -2.26. The van der Waals surface area contributed by atoms with Crippen molar-refractivity contribution in [3.05, 3.63) is 41.1 Å². The van der Waals surface area contributed by atoms with E-state index in [9.17, 15) is 26.7 Å². The van der Waals surface area contributed by atoms with Gasteiger partial charge in [0.05, 0.1) is 19.3 Å². The molecule has 2 aromatic rings. The van der Waals surface area contributed by atoms with E-state index in [0.717, 1.165) is 5.56 Å². The normalized spacial score (nSPS) is 20.1. The standard InChI is InChI=1S/C22H24F5N3O4/c23-19(24)6-13-1-2-18-15(5-13)7-16(11-33-18)28-21(31)17-8-20-30(29-17)4-3-14(10-34-20)9-32-12-22(25,26)27/h1-2,5,8,14,16,19H,3-4,6-7,9-12H2,(H,28,31)/t14?,16-/m1/s1. The molecule has 1 aromatic heterocycles. The first-order valence-corrected chi connectivity index (χ1v) is 10.8. The Balaban J connectivity index is 1.31. The number of aromatic nitrogens is 2. The number of fused-ring (bicyclic) bond motifs is 2. The first-order valence-electron chi connectivity index (χ1n) is 10.8.